The summed E-state index contributed by atoms with van der Waals surface area (Å²) in [5.74, 6) is 0.380. The average molecular weight is 409 g/mol. The van der Waals surface area contributed by atoms with Gasteiger partial charge in [0.2, 0.25) is 10.0 Å². The Balaban J connectivity index is 1.83. The van der Waals surface area contributed by atoms with Gasteiger partial charge in [-0.3, -0.25) is 4.79 Å². The Morgan fingerprint density at radius 2 is 1.96 bits per heavy atom. The number of hydrogen-bond donors (Lipinski definition) is 1. The van der Waals surface area contributed by atoms with E-state index in [0.717, 1.165) is 18.4 Å². The van der Waals surface area contributed by atoms with Crippen LogP contribution in [-0.4, -0.2) is 39.4 Å². The van der Waals surface area contributed by atoms with Gasteiger partial charge in [-0.15, -0.1) is 0 Å². The van der Waals surface area contributed by atoms with E-state index in [4.69, 9.17) is 16.3 Å². The second-order valence-electron chi connectivity index (χ2n) is 6.51. The van der Waals surface area contributed by atoms with Crippen LogP contribution in [0.5, 0.6) is 5.75 Å². The Bertz CT molecular complexity index is 958. The molecule has 0 bridgehead atoms. The number of para-hydroxylation sites is 1. The van der Waals surface area contributed by atoms with Crippen molar-refractivity contribution in [1.29, 1.82) is 0 Å². The van der Waals surface area contributed by atoms with Gasteiger partial charge in [0.15, 0.2) is 0 Å². The molecule has 6 nitrogen and oxygen atoms in total. The van der Waals surface area contributed by atoms with Crippen molar-refractivity contribution >= 4 is 27.5 Å². The molecule has 1 saturated carbocycles. The first-order valence-corrected chi connectivity index (χ1v) is 10.4. The van der Waals surface area contributed by atoms with E-state index < -0.39 is 10.0 Å². The summed E-state index contributed by atoms with van der Waals surface area (Å²) < 4.78 is 32.9. The van der Waals surface area contributed by atoms with Gasteiger partial charge >= 0.3 is 0 Å². The molecule has 1 N–H and O–H groups in total. The highest BCUT2D eigenvalue weighted by atomic mass is 35.5. The molecule has 2 aromatic carbocycles. The zero-order valence-electron chi connectivity index (χ0n) is 15.1. The van der Waals surface area contributed by atoms with Crippen molar-refractivity contribution in [1.82, 2.24) is 9.62 Å². The summed E-state index contributed by atoms with van der Waals surface area (Å²) in [6, 6.07) is 11.7. The SMILES string of the molecule is COc1ccccc1CN(C)C(=O)c1ccc(Cl)c(S(=O)(=O)NC2CC2)c1. The van der Waals surface area contributed by atoms with Crippen LogP contribution in [0.25, 0.3) is 0 Å². The summed E-state index contributed by atoms with van der Waals surface area (Å²) in [4.78, 5) is 14.2. The molecule has 0 unspecified atom stereocenters. The Morgan fingerprint density at radius 3 is 2.63 bits per heavy atom. The number of carbonyl (C=O) groups is 1. The van der Waals surface area contributed by atoms with Crippen molar-refractivity contribution in [3.63, 3.8) is 0 Å². The summed E-state index contributed by atoms with van der Waals surface area (Å²) in [5.41, 5.74) is 1.11. The number of nitrogens with zero attached hydrogens (tertiary/aromatic N) is 1. The van der Waals surface area contributed by atoms with Gasteiger partial charge in [0.1, 0.15) is 10.6 Å². The van der Waals surface area contributed by atoms with E-state index in [0.29, 0.717) is 12.3 Å². The standard InChI is InChI=1S/C19H21ClN2O4S/c1-22(12-14-5-3-4-6-17(14)26-2)19(23)13-7-10-16(20)18(11-13)27(24,25)21-15-8-9-15/h3-7,10-11,15,21H,8-9,12H2,1-2H3. The van der Waals surface area contributed by atoms with Gasteiger partial charge in [-0.2, -0.15) is 0 Å². The number of amides is 1. The highest BCUT2D eigenvalue weighted by molar-refractivity contribution is 7.89. The summed E-state index contributed by atoms with van der Waals surface area (Å²) >= 11 is 6.08. The minimum atomic E-state index is -3.75. The lowest BCUT2D eigenvalue weighted by atomic mass is 10.1. The van der Waals surface area contributed by atoms with Crippen LogP contribution in [0, 0.1) is 0 Å². The number of hydrogen-bond acceptors (Lipinski definition) is 4. The molecule has 0 saturated heterocycles. The fourth-order valence-corrected chi connectivity index (χ4v) is 4.54. The van der Waals surface area contributed by atoms with Gasteiger partial charge in [-0.25, -0.2) is 13.1 Å². The first-order chi connectivity index (χ1) is 12.8. The number of halogens is 1. The van der Waals surface area contributed by atoms with E-state index in [2.05, 4.69) is 4.72 Å². The molecule has 0 spiro atoms. The molecule has 2 aromatic rings. The molecule has 3 rings (SSSR count). The number of benzene rings is 2. The van der Waals surface area contributed by atoms with Crippen LogP contribution in [0.1, 0.15) is 28.8 Å². The molecule has 0 heterocycles. The summed E-state index contributed by atoms with van der Waals surface area (Å²) in [5, 5.41) is 0.0899. The van der Waals surface area contributed by atoms with Crippen molar-refractivity contribution in [3.05, 3.63) is 58.6 Å². The van der Waals surface area contributed by atoms with Crippen LogP contribution < -0.4 is 9.46 Å². The summed E-state index contributed by atoms with van der Waals surface area (Å²) in [7, 11) is -0.526. The average Bonchev–Trinajstić information content (AvgIpc) is 3.45. The van der Waals surface area contributed by atoms with E-state index in [-0.39, 0.29) is 27.4 Å². The zero-order valence-corrected chi connectivity index (χ0v) is 16.7. The van der Waals surface area contributed by atoms with Gasteiger partial charge in [0, 0.05) is 30.8 Å². The third-order valence-corrected chi connectivity index (χ3v) is 6.32. The number of rotatable bonds is 7. The van der Waals surface area contributed by atoms with Gasteiger partial charge in [0.25, 0.3) is 5.91 Å². The summed E-state index contributed by atoms with van der Waals surface area (Å²) in [6.07, 6.45) is 1.63. The topological polar surface area (TPSA) is 75.7 Å². The molecule has 144 valence electrons. The van der Waals surface area contributed by atoms with E-state index >= 15 is 0 Å². The molecule has 1 aliphatic carbocycles. The van der Waals surface area contributed by atoms with Crippen molar-refractivity contribution in [2.75, 3.05) is 14.2 Å². The van der Waals surface area contributed by atoms with Gasteiger partial charge in [0.05, 0.1) is 12.1 Å². The van der Waals surface area contributed by atoms with Crippen LogP contribution in [-0.2, 0) is 16.6 Å². The normalized spacial score (nSPS) is 14.0. The Kier molecular flexibility index (Phi) is 5.74. The number of sulfonamides is 1. The quantitative estimate of drug-likeness (QED) is 0.763. The Labute approximate surface area is 164 Å². The largest absolute Gasteiger partial charge is 0.496 e. The third kappa shape index (κ3) is 4.61. The second-order valence-corrected chi connectivity index (χ2v) is 8.60. The third-order valence-electron chi connectivity index (χ3n) is 4.31. The molecule has 0 aromatic heterocycles. The van der Waals surface area contributed by atoms with Crippen LogP contribution in [0.4, 0.5) is 0 Å². The fraction of sp³-hybridized carbons (Fsp3) is 0.316. The maximum atomic E-state index is 12.8. The maximum absolute atomic E-state index is 12.8. The fourth-order valence-electron chi connectivity index (χ4n) is 2.71. The van der Waals surface area contributed by atoms with E-state index in [9.17, 15) is 13.2 Å². The van der Waals surface area contributed by atoms with Crippen molar-refractivity contribution in [2.24, 2.45) is 0 Å². The summed E-state index contributed by atoms with van der Waals surface area (Å²) in [6.45, 7) is 0.327. The predicted octanol–water partition coefficient (Wildman–Crippen LogP) is 3.06. The first kappa shape index (κ1) is 19.7. The van der Waals surface area contributed by atoms with E-state index in [1.807, 2.05) is 24.3 Å². The lowest BCUT2D eigenvalue weighted by Crippen LogP contribution is -2.28. The lowest BCUT2D eigenvalue weighted by Gasteiger charge is -2.19. The molecular formula is C19H21ClN2O4S. The van der Waals surface area contributed by atoms with Gasteiger partial charge in [-0.1, -0.05) is 29.8 Å². The number of carbonyl (C=O) groups excluding carboxylic acids is 1. The highest BCUT2D eigenvalue weighted by Gasteiger charge is 2.30. The molecule has 8 heteroatoms. The van der Waals surface area contributed by atoms with Crippen LogP contribution >= 0.6 is 11.6 Å². The molecule has 1 aliphatic rings. The monoisotopic (exact) mass is 408 g/mol. The maximum Gasteiger partial charge on any atom is 0.253 e. The number of methoxy groups -OCH3 is 1. The molecule has 27 heavy (non-hydrogen) atoms. The van der Waals surface area contributed by atoms with Crippen molar-refractivity contribution in [2.45, 2.75) is 30.3 Å². The molecule has 1 fully saturated rings. The van der Waals surface area contributed by atoms with Gasteiger partial charge < -0.3 is 9.64 Å². The zero-order chi connectivity index (χ0) is 19.6. The molecule has 1 amide bonds. The molecule has 0 radical (unpaired) electrons. The molecular weight excluding hydrogens is 388 g/mol. The molecule has 0 aliphatic heterocycles. The first-order valence-electron chi connectivity index (χ1n) is 8.51. The van der Waals surface area contributed by atoms with E-state index in [1.54, 1.807) is 14.2 Å². The predicted molar refractivity (Wildman–Crippen MR) is 104 cm³/mol. The van der Waals surface area contributed by atoms with Crippen molar-refractivity contribution < 1.29 is 17.9 Å². The smallest absolute Gasteiger partial charge is 0.253 e. The number of ether oxygens (including phenoxy) is 1. The number of nitrogens with one attached hydrogen (secondary N) is 1. The second kappa shape index (κ2) is 7.88. The highest BCUT2D eigenvalue weighted by Crippen LogP contribution is 2.27. The molecule has 0 atom stereocenters. The Morgan fingerprint density at radius 1 is 1.26 bits per heavy atom. The lowest BCUT2D eigenvalue weighted by molar-refractivity contribution is 0.0784. The van der Waals surface area contributed by atoms with Gasteiger partial charge in [-0.05, 0) is 37.1 Å². The van der Waals surface area contributed by atoms with Crippen LogP contribution in [0.2, 0.25) is 5.02 Å². The Hall–Kier alpha value is -2.09. The van der Waals surface area contributed by atoms with Crippen molar-refractivity contribution in [3.8, 4) is 5.75 Å². The minimum Gasteiger partial charge on any atom is -0.496 e. The van der Waals surface area contributed by atoms with E-state index in [1.165, 1.54) is 23.1 Å². The van der Waals surface area contributed by atoms with Crippen LogP contribution in [0.15, 0.2) is 47.4 Å². The van der Waals surface area contributed by atoms with Crippen LogP contribution in [0.3, 0.4) is 0 Å². The minimum absolute atomic E-state index is 0.0429.